The van der Waals surface area contributed by atoms with E-state index in [0.29, 0.717) is 48.4 Å². The molecule has 0 aliphatic carbocycles. The Labute approximate surface area is 170 Å². The maximum Gasteiger partial charge on any atom is 0.323 e. The smallest absolute Gasteiger partial charge is 0.323 e. The fraction of sp³-hybridized carbons (Fsp3) is 0.261. The Balaban J connectivity index is 1.80. The second-order valence-corrected chi connectivity index (χ2v) is 6.24. The van der Waals surface area contributed by atoms with Gasteiger partial charge >= 0.3 is 6.03 Å². The van der Waals surface area contributed by atoms with E-state index in [1.165, 1.54) is 0 Å². The predicted octanol–water partition coefficient (Wildman–Crippen LogP) is 5.68. The maximum atomic E-state index is 12.5. The van der Waals surface area contributed by atoms with Gasteiger partial charge in [0.05, 0.1) is 25.5 Å². The summed E-state index contributed by atoms with van der Waals surface area (Å²) in [5.41, 5.74) is 1.26. The minimum absolute atomic E-state index is 0.352. The van der Waals surface area contributed by atoms with Crippen LogP contribution < -0.4 is 24.8 Å². The van der Waals surface area contributed by atoms with Crippen LogP contribution in [0.2, 0.25) is 0 Å². The molecule has 152 valence electrons. The summed E-state index contributed by atoms with van der Waals surface area (Å²) in [6.45, 7) is 7.10. The molecule has 0 saturated heterocycles. The van der Waals surface area contributed by atoms with Gasteiger partial charge in [-0.3, -0.25) is 0 Å². The number of carbonyl (C=O) groups excluding carboxylic acids is 1. The Hall–Kier alpha value is -3.41. The summed E-state index contributed by atoms with van der Waals surface area (Å²) in [6, 6.07) is 16.9. The number of urea groups is 1. The van der Waals surface area contributed by atoms with Gasteiger partial charge in [0.1, 0.15) is 0 Å². The lowest BCUT2D eigenvalue weighted by molar-refractivity contribution is 0.260. The third-order valence-electron chi connectivity index (χ3n) is 4.17. The normalized spacial score (nSPS) is 10.4. The zero-order valence-corrected chi connectivity index (χ0v) is 17.0. The van der Waals surface area contributed by atoms with Gasteiger partial charge in [0.25, 0.3) is 0 Å². The lowest BCUT2D eigenvalue weighted by atomic mass is 10.1. The molecule has 0 aliphatic heterocycles. The summed E-state index contributed by atoms with van der Waals surface area (Å²) in [5.74, 6) is 1.60. The number of ether oxygens (including phenoxy) is 3. The largest absolute Gasteiger partial charge is 0.490 e. The summed E-state index contributed by atoms with van der Waals surface area (Å²) in [5, 5.41) is 7.88. The topological polar surface area (TPSA) is 68.8 Å². The standard InChI is InChI=1S/C23H26N2O4/c1-4-27-20-14-19(15-21(28-5-2)22(20)29-6-3)25-23(26)24-18-12-11-16-9-7-8-10-17(16)13-18/h7-15H,4-6H2,1-3H3,(H2,24,25,26). The fourth-order valence-corrected chi connectivity index (χ4v) is 3.02. The van der Waals surface area contributed by atoms with Crippen LogP contribution in [0.3, 0.4) is 0 Å². The van der Waals surface area contributed by atoms with E-state index in [1.807, 2.05) is 63.2 Å². The summed E-state index contributed by atoms with van der Waals surface area (Å²) >= 11 is 0. The first-order valence-electron chi connectivity index (χ1n) is 9.77. The molecule has 29 heavy (non-hydrogen) atoms. The van der Waals surface area contributed by atoms with E-state index in [0.717, 1.165) is 10.8 Å². The minimum Gasteiger partial charge on any atom is -0.490 e. The number of nitrogens with one attached hydrogen (secondary N) is 2. The van der Waals surface area contributed by atoms with Crippen molar-refractivity contribution in [2.45, 2.75) is 20.8 Å². The highest BCUT2D eigenvalue weighted by atomic mass is 16.5. The van der Waals surface area contributed by atoms with Crippen molar-refractivity contribution in [1.29, 1.82) is 0 Å². The third-order valence-corrected chi connectivity index (χ3v) is 4.17. The molecular formula is C23H26N2O4. The van der Waals surface area contributed by atoms with Gasteiger partial charge < -0.3 is 24.8 Å². The lowest BCUT2D eigenvalue weighted by Gasteiger charge is -2.17. The first-order valence-corrected chi connectivity index (χ1v) is 9.77. The third kappa shape index (κ3) is 5.10. The molecule has 2 amide bonds. The average molecular weight is 394 g/mol. The Kier molecular flexibility index (Phi) is 6.79. The fourth-order valence-electron chi connectivity index (χ4n) is 3.02. The van der Waals surface area contributed by atoms with Crippen LogP contribution in [-0.2, 0) is 0 Å². The number of amides is 2. The van der Waals surface area contributed by atoms with Crippen molar-refractivity contribution in [1.82, 2.24) is 0 Å². The van der Waals surface area contributed by atoms with Crippen LogP contribution in [0.4, 0.5) is 16.2 Å². The van der Waals surface area contributed by atoms with Gasteiger partial charge in [-0.05, 0) is 43.7 Å². The minimum atomic E-state index is -0.352. The number of fused-ring (bicyclic) bond motifs is 1. The summed E-state index contributed by atoms with van der Waals surface area (Å²) < 4.78 is 17.1. The monoisotopic (exact) mass is 394 g/mol. The van der Waals surface area contributed by atoms with Crippen LogP contribution in [0.1, 0.15) is 20.8 Å². The van der Waals surface area contributed by atoms with E-state index in [2.05, 4.69) is 10.6 Å². The van der Waals surface area contributed by atoms with E-state index >= 15 is 0 Å². The number of rotatable bonds is 8. The SMILES string of the molecule is CCOc1cc(NC(=O)Nc2ccc3ccccc3c2)cc(OCC)c1OCC. The number of hydrogen-bond donors (Lipinski definition) is 2. The van der Waals surface area contributed by atoms with Gasteiger partial charge in [-0.1, -0.05) is 30.3 Å². The van der Waals surface area contributed by atoms with Gasteiger partial charge in [0.15, 0.2) is 11.5 Å². The molecule has 0 atom stereocenters. The molecule has 3 rings (SSSR count). The molecule has 3 aromatic carbocycles. The molecule has 3 aromatic rings. The van der Waals surface area contributed by atoms with Crippen LogP contribution >= 0.6 is 0 Å². The van der Waals surface area contributed by atoms with E-state index in [1.54, 1.807) is 12.1 Å². The Morgan fingerprint density at radius 3 is 1.93 bits per heavy atom. The average Bonchev–Trinajstić information content (AvgIpc) is 2.71. The zero-order valence-electron chi connectivity index (χ0n) is 17.0. The van der Waals surface area contributed by atoms with Crippen LogP contribution in [0.15, 0.2) is 54.6 Å². The molecule has 0 radical (unpaired) electrons. The van der Waals surface area contributed by atoms with Crippen molar-refractivity contribution in [3.05, 3.63) is 54.6 Å². The van der Waals surface area contributed by atoms with Crippen molar-refractivity contribution < 1.29 is 19.0 Å². The van der Waals surface area contributed by atoms with Gasteiger partial charge in [-0.2, -0.15) is 0 Å². The van der Waals surface area contributed by atoms with Gasteiger partial charge in [0, 0.05) is 17.8 Å². The van der Waals surface area contributed by atoms with Crippen molar-refractivity contribution in [3.63, 3.8) is 0 Å². The number of carbonyl (C=O) groups is 1. The molecule has 0 heterocycles. The van der Waals surface area contributed by atoms with E-state index in [-0.39, 0.29) is 6.03 Å². The van der Waals surface area contributed by atoms with Crippen LogP contribution in [0.5, 0.6) is 17.2 Å². The molecule has 0 bridgehead atoms. The molecule has 0 spiro atoms. The first kappa shape index (κ1) is 20.3. The quantitative estimate of drug-likeness (QED) is 0.516. The first-order chi connectivity index (χ1) is 14.1. The van der Waals surface area contributed by atoms with Crippen molar-refractivity contribution >= 4 is 28.2 Å². The van der Waals surface area contributed by atoms with Crippen LogP contribution in [0.25, 0.3) is 10.8 Å². The molecule has 0 unspecified atom stereocenters. The Bertz CT molecular complexity index is 961. The lowest BCUT2D eigenvalue weighted by Crippen LogP contribution is -2.19. The summed E-state index contributed by atoms with van der Waals surface area (Å²) in [7, 11) is 0. The summed E-state index contributed by atoms with van der Waals surface area (Å²) in [4.78, 5) is 12.5. The second kappa shape index (κ2) is 9.68. The Morgan fingerprint density at radius 1 is 0.724 bits per heavy atom. The van der Waals surface area contributed by atoms with Crippen molar-refractivity contribution in [2.75, 3.05) is 30.5 Å². The highest BCUT2D eigenvalue weighted by Gasteiger charge is 2.16. The van der Waals surface area contributed by atoms with E-state index in [4.69, 9.17) is 14.2 Å². The summed E-state index contributed by atoms with van der Waals surface area (Å²) in [6.07, 6.45) is 0. The number of hydrogen-bond acceptors (Lipinski definition) is 4. The van der Waals surface area contributed by atoms with Crippen LogP contribution in [-0.4, -0.2) is 25.9 Å². The number of benzene rings is 3. The maximum absolute atomic E-state index is 12.5. The molecule has 2 N–H and O–H groups in total. The van der Waals surface area contributed by atoms with Gasteiger partial charge in [-0.15, -0.1) is 0 Å². The molecule has 0 saturated carbocycles. The van der Waals surface area contributed by atoms with Crippen molar-refractivity contribution in [3.8, 4) is 17.2 Å². The second-order valence-electron chi connectivity index (χ2n) is 6.24. The molecule has 0 aromatic heterocycles. The molecule has 6 heteroatoms. The highest BCUT2D eigenvalue weighted by Crippen LogP contribution is 2.40. The molecule has 6 nitrogen and oxygen atoms in total. The van der Waals surface area contributed by atoms with E-state index in [9.17, 15) is 4.79 Å². The predicted molar refractivity (Wildman–Crippen MR) is 117 cm³/mol. The highest BCUT2D eigenvalue weighted by molar-refractivity contribution is 6.01. The zero-order chi connectivity index (χ0) is 20.6. The Morgan fingerprint density at radius 2 is 1.31 bits per heavy atom. The van der Waals surface area contributed by atoms with Crippen molar-refractivity contribution in [2.24, 2.45) is 0 Å². The van der Waals surface area contributed by atoms with E-state index < -0.39 is 0 Å². The number of anilines is 2. The van der Waals surface area contributed by atoms with Gasteiger partial charge in [-0.25, -0.2) is 4.79 Å². The molecule has 0 aliphatic rings. The molecular weight excluding hydrogens is 368 g/mol. The van der Waals surface area contributed by atoms with Gasteiger partial charge in [0.2, 0.25) is 5.75 Å². The molecule has 0 fully saturated rings. The van der Waals surface area contributed by atoms with Crippen LogP contribution in [0, 0.1) is 0 Å².